The van der Waals surface area contributed by atoms with Crippen LogP contribution in [0, 0.1) is 17.8 Å². The van der Waals surface area contributed by atoms with Gasteiger partial charge in [0.2, 0.25) is 5.91 Å². The third kappa shape index (κ3) is 5.73. The summed E-state index contributed by atoms with van der Waals surface area (Å²) < 4.78 is 12.6. The van der Waals surface area contributed by atoms with Gasteiger partial charge in [-0.3, -0.25) is 14.4 Å². The molecule has 8 nitrogen and oxygen atoms in total. The van der Waals surface area contributed by atoms with E-state index in [0.717, 1.165) is 18.4 Å². The number of halogens is 1. The van der Waals surface area contributed by atoms with E-state index in [0.29, 0.717) is 30.0 Å². The average Bonchev–Trinajstić information content (AvgIpc) is 3.55. The lowest BCUT2D eigenvalue weighted by Gasteiger charge is -2.39. The number of carbonyl (C=O) groups is 3. The summed E-state index contributed by atoms with van der Waals surface area (Å²) in [6.07, 6.45) is 6.46. The van der Waals surface area contributed by atoms with Crippen molar-refractivity contribution in [1.82, 2.24) is 4.90 Å². The number of ether oxygens (including phenoxy) is 2. The quantitative estimate of drug-likeness (QED) is 0.171. The highest BCUT2D eigenvalue weighted by Gasteiger charge is 2.80. The fourth-order valence-electron chi connectivity index (χ4n) is 7.75. The van der Waals surface area contributed by atoms with Gasteiger partial charge in [-0.15, -0.1) is 13.2 Å². The van der Waals surface area contributed by atoms with E-state index in [1.165, 1.54) is 9.80 Å². The Morgan fingerprint density at radius 2 is 1.87 bits per heavy atom. The van der Waals surface area contributed by atoms with Crippen LogP contribution in [0.25, 0.3) is 0 Å². The van der Waals surface area contributed by atoms with Crippen molar-refractivity contribution in [2.75, 3.05) is 24.7 Å². The molecule has 9 heteroatoms. The summed E-state index contributed by atoms with van der Waals surface area (Å²) in [4.78, 5) is 46.5. The fraction of sp³-hybridized carbons (Fsp3) is 0.472. The predicted molar refractivity (Wildman–Crippen MR) is 174 cm³/mol. The fourth-order valence-corrected chi connectivity index (χ4v) is 7.99. The molecule has 3 unspecified atom stereocenters. The number of anilines is 1. The summed E-state index contributed by atoms with van der Waals surface area (Å²) >= 11 is 6.60. The van der Waals surface area contributed by atoms with Crippen LogP contribution < -0.4 is 4.90 Å². The maximum atomic E-state index is 14.9. The van der Waals surface area contributed by atoms with Gasteiger partial charge >= 0.3 is 5.97 Å². The number of carbonyl (C=O) groups excluding carboxylic acids is 3. The van der Waals surface area contributed by atoms with E-state index in [2.05, 4.69) is 13.2 Å². The van der Waals surface area contributed by atoms with Crippen molar-refractivity contribution in [3.05, 3.63) is 90.5 Å². The Hall–Kier alpha value is -3.46. The molecule has 2 aromatic carbocycles. The van der Waals surface area contributed by atoms with E-state index in [-0.39, 0.29) is 31.6 Å². The third-order valence-corrected chi connectivity index (χ3v) is 10.2. The molecule has 3 aliphatic heterocycles. The van der Waals surface area contributed by atoms with Crippen LogP contribution in [0.2, 0.25) is 5.02 Å². The number of benzene rings is 2. The van der Waals surface area contributed by atoms with Gasteiger partial charge in [-0.25, -0.2) is 0 Å². The molecule has 240 valence electrons. The highest BCUT2D eigenvalue weighted by molar-refractivity contribution is 6.34. The molecule has 3 aliphatic rings. The number of hydrogen-bond donors (Lipinski definition) is 1. The van der Waals surface area contributed by atoms with Crippen LogP contribution in [-0.4, -0.2) is 70.8 Å². The van der Waals surface area contributed by atoms with Crippen molar-refractivity contribution in [2.45, 2.75) is 69.2 Å². The Bertz CT molecular complexity index is 1430. The van der Waals surface area contributed by atoms with E-state index in [9.17, 15) is 19.5 Å². The SMILES string of the molecule is C=CCCCCOC(=O)[C@@H]1[C@H]2C(=O)N([C@@H](CO)Cc3ccccc3)C(C(=O)N(CC=C)c3ccccc3Cl)C23CC(C)[C@@]1(C)O3. The summed E-state index contributed by atoms with van der Waals surface area (Å²) in [5.74, 6) is -3.28. The number of nitrogens with zero attached hydrogens (tertiary/aromatic N) is 2. The van der Waals surface area contributed by atoms with Gasteiger partial charge in [0.25, 0.3) is 5.91 Å². The largest absolute Gasteiger partial charge is 0.465 e. The highest BCUT2D eigenvalue weighted by Crippen LogP contribution is 2.65. The molecule has 2 aromatic rings. The molecule has 7 atom stereocenters. The average molecular weight is 635 g/mol. The Morgan fingerprint density at radius 1 is 1.16 bits per heavy atom. The lowest BCUT2D eigenvalue weighted by molar-refractivity contribution is -0.162. The minimum Gasteiger partial charge on any atom is -0.465 e. The number of para-hydroxylation sites is 1. The van der Waals surface area contributed by atoms with E-state index in [4.69, 9.17) is 21.1 Å². The first kappa shape index (κ1) is 32.9. The topological polar surface area (TPSA) is 96.4 Å². The van der Waals surface area contributed by atoms with Crippen LogP contribution in [0.5, 0.6) is 0 Å². The molecule has 1 N–H and O–H groups in total. The molecule has 3 saturated heterocycles. The number of aliphatic hydroxyl groups is 1. The van der Waals surface area contributed by atoms with Gasteiger partial charge in [-0.1, -0.05) is 73.1 Å². The summed E-state index contributed by atoms with van der Waals surface area (Å²) in [5.41, 5.74) is -0.938. The second-order valence-electron chi connectivity index (χ2n) is 12.6. The van der Waals surface area contributed by atoms with E-state index < -0.39 is 47.0 Å². The van der Waals surface area contributed by atoms with Crippen molar-refractivity contribution in [3.8, 4) is 0 Å². The molecule has 0 aliphatic carbocycles. The van der Waals surface area contributed by atoms with Crippen LogP contribution in [0.4, 0.5) is 5.69 Å². The summed E-state index contributed by atoms with van der Waals surface area (Å²) in [5, 5.41) is 11.1. The van der Waals surface area contributed by atoms with Crippen molar-refractivity contribution in [3.63, 3.8) is 0 Å². The monoisotopic (exact) mass is 634 g/mol. The minimum absolute atomic E-state index is 0.132. The zero-order valence-electron chi connectivity index (χ0n) is 26.1. The number of rotatable bonds is 14. The number of esters is 1. The molecule has 45 heavy (non-hydrogen) atoms. The minimum atomic E-state index is -1.31. The van der Waals surface area contributed by atoms with Gasteiger partial charge < -0.3 is 24.4 Å². The van der Waals surface area contributed by atoms with E-state index in [1.807, 2.05) is 50.3 Å². The first-order chi connectivity index (χ1) is 21.6. The maximum Gasteiger partial charge on any atom is 0.312 e. The van der Waals surface area contributed by atoms with Gasteiger partial charge in [-0.2, -0.15) is 0 Å². The lowest BCUT2D eigenvalue weighted by atomic mass is 9.62. The highest BCUT2D eigenvalue weighted by atomic mass is 35.5. The van der Waals surface area contributed by atoms with Crippen molar-refractivity contribution in [2.24, 2.45) is 17.8 Å². The second kappa shape index (κ2) is 13.5. The summed E-state index contributed by atoms with van der Waals surface area (Å²) in [6.45, 7) is 11.4. The molecule has 0 aromatic heterocycles. The molecular weight excluding hydrogens is 592 g/mol. The molecule has 1 spiro atoms. The van der Waals surface area contributed by atoms with Crippen LogP contribution in [0.1, 0.15) is 45.1 Å². The number of likely N-dealkylation sites (tertiary alicyclic amines) is 1. The first-order valence-electron chi connectivity index (χ1n) is 15.8. The van der Waals surface area contributed by atoms with Gasteiger partial charge in [0.15, 0.2) is 0 Å². The van der Waals surface area contributed by atoms with Gasteiger partial charge in [-0.05, 0) is 62.6 Å². The first-order valence-corrected chi connectivity index (χ1v) is 16.1. The Balaban J connectivity index is 1.59. The number of amides is 2. The number of hydrogen-bond acceptors (Lipinski definition) is 6. The van der Waals surface area contributed by atoms with Crippen LogP contribution in [0.3, 0.4) is 0 Å². The van der Waals surface area contributed by atoms with E-state index >= 15 is 0 Å². The summed E-state index contributed by atoms with van der Waals surface area (Å²) in [6, 6.07) is 14.7. The zero-order valence-corrected chi connectivity index (χ0v) is 26.8. The molecule has 3 heterocycles. The maximum absolute atomic E-state index is 14.9. The standard InChI is InChI=1S/C36H43ClN2O6/c1-5-7-8-14-20-44-34(43)30-29-32(41)39(26(23-40)21-25-15-10-9-11-16-25)31(36(29)22-24(3)35(30,4)45-36)33(42)38(19-6-2)28-18-13-12-17-27(28)37/h5-6,9-13,15-18,24,26,29-31,40H,1-2,7-8,14,19-23H2,3-4H3/t24?,26-,29+,30+,31?,35-,36?/m1/s1. The van der Waals surface area contributed by atoms with E-state index in [1.54, 1.807) is 30.3 Å². The number of allylic oxidation sites excluding steroid dienone is 1. The number of aliphatic hydroxyl groups excluding tert-OH is 1. The zero-order chi connectivity index (χ0) is 32.4. The molecule has 5 rings (SSSR count). The molecule has 0 saturated carbocycles. The Kier molecular flexibility index (Phi) is 9.87. The molecule has 2 bridgehead atoms. The Labute approximate surface area is 270 Å². The lowest BCUT2D eigenvalue weighted by Crippen LogP contribution is -2.59. The van der Waals surface area contributed by atoms with Crippen molar-refractivity contribution >= 4 is 35.1 Å². The van der Waals surface area contributed by atoms with Gasteiger partial charge in [0, 0.05) is 6.54 Å². The van der Waals surface area contributed by atoms with Gasteiger partial charge in [0.1, 0.15) is 17.6 Å². The summed E-state index contributed by atoms with van der Waals surface area (Å²) in [7, 11) is 0. The number of fused-ring (bicyclic) bond motifs is 1. The molecule has 0 radical (unpaired) electrons. The number of unbranched alkanes of at least 4 members (excludes halogenated alkanes) is 2. The molecule has 3 fully saturated rings. The normalized spacial score (nSPS) is 28.9. The smallest absolute Gasteiger partial charge is 0.312 e. The van der Waals surface area contributed by atoms with Gasteiger partial charge in [0.05, 0.1) is 41.5 Å². The molecule has 2 amide bonds. The Morgan fingerprint density at radius 3 is 2.53 bits per heavy atom. The van der Waals surface area contributed by atoms with Crippen LogP contribution >= 0.6 is 11.6 Å². The van der Waals surface area contributed by atoms with Crippen LogP contribution in [-0.2, 0) is 30.3 Å². The second-order valence-corrected chi connectivity index (χ2v) is 13.0. The molecular formula is C36H43ClN2O6. The predicted octanol–water partition coefficient (Wildman–Crippen LogP) is 5.37. The van der Waals surface area contributed by atoms with Crippen molar-refractivity contribution in [1.29, 1.82) is 0 Å². The third-order valence-electron chi connectivity index (χ3n) is 9.93. The van der Waals surface area contributed by atoms with Crippen LogP contribution in [0.15, 0.2) is 79.9 Å². The van der Waals surface area contributed by atoms with Crippen molar-refractivity contribution < 1.29 is 29.0 Å².